The van der Waals surface area contributed by atoms with Gasteiger partial charge in [-0.1, -0.05) is 13.0 Å². The average molecular weight is 297 g/mol. The molecule has 4 nitrogen and oxygen atoms in total. The van der Waals surface area contributed by atoms with E-state index in [4.69, 9.17) is 0 Å². The molecule has 1 atom stereocenters. The smallest absolute Gasteiger partial charge is 0.255 e. The van der Waals surface area contributed by atoms with E-state index in [-0.39, 0.29) is 5.91 Å². The predicted molar refractivity (Wildman–Crippen MR) is 91.5 cm³/mol. The van der Waals surface area contributed by atoms with Crippen LogP contribution >= 0.6 is 0 Å². The maximum atomic E-state index is 12.2. The van der Waals surface area contributed by atoms with Crippen molar-refractivity contribution < 1.29 is 4.79 Å². The average Bonchev–Trinajstić information content (AvgIpc) is 2.51. The van der Waals surface area contributed by atoms with Crippen molar-refractivity contribution in [3.63, 3.8) is 0 Å². The number of anilines is 2. The van der Waals surface area contributed by atoms with E-state index in [1.165, 1.54) is 5.56 Å². The minimum absolute atomic E-state index is 0.118. The summed E-state index contributed by atoms with van der Waals surface area (Å²) in [4.78, 5) is 16.6. The van der Waals surface area contributed by atoms with Gasteiger partial charge in [0.15, 0.2) is 0 Å². The molecule has 0 fully saturated rings. The van der Waals surface area contributed by atoms with E-state index in [2.05, 4.69) is 29.5 Å². The van der Waals surface area contributed by atoms with Crippen LogP contribution in [0.15, 0.2) is 36.5 Å². The molecule has 1 aromatic carbocycles. The van der Waals surface area contributed by atoms with Crippen LogP contribution < -0.4 is 10.6 Å². The highest BCUT2D eigenvalue weighted by Gasteiger charge is 2.08. The largest absolute Gasteiger partial charge is 0.368 e. The van der Waals surface area contributed by atoms with Crippen molar-refractivity contribution in [3.8, 4) is 0 Å². The normalized spacial score (nSPS) is 11.8. The molecule has 0 aliphatic rings. The van der Waals surface area contributed by atoms with Gasteiger partial charge < -0.3 is 10.6 Å². The Kier molecular flexibility index (Phi) is 5.15. The lowest BCUT2D eigenvalue weighted by Gasteiger charge is -2.12. The number of nitrogens with zero attached hydrogens (tertiary/aromatic N) is 1. The van der Waals surface area contributed by atoms with Gasteiger partial charge in [0, 0.05) is 11.6 Å². The van der Waals surface area contributed by atoms with Crippen molar-refractivity contribution in [2.75, 3.05) is 10.6 Å². The summed E-state index contributed by atoms with van der Waals surface area (Å²) < 4.78 is 0. The van der Waals surface area contributed by atoms with Crippen LogP contribution in [0.2, 0.25) is 0 Å². The second-order valence-corrected chi connectivity index (χ2v) is 5.64. The lowest BCUT2D eigenvalue weighted by Crippen LogP contribution is -2.15. The number of hydrogen-bond acceptors (Lipinski definition) is 3. The standard InChI is InChI=1S/C18H23N3O/c1-5-14(4)20-17-9-8-16(11-19-17)21-18(22)15-7-6-12(2)13(3)10-15/h6-11,14H,5H2,1-4H3,(H,19,20)(H,21,22). The molecule has 2 N–H and O–H groups in total. The van der Waals surface area contributed by atoms with Gasteiger partial charge in [0.2, 0.25) is 0 Å². The molecule has 0 bridgehead atoms. The number of aryl methyl sites for hydroxylation is 2. The molecule has 0 saturated carbocycles. The van der Waals surface area contributed by atoms with Gasteiger partial charge in [0.05, 0.1) is 11.9 Å². The monoisotopic (exact) mass is 297 g/mol. The number of amides is 1. The van der Waals surface area contributed by atoms with Gasteiger partial charge in [-0.05, 0) is 62.6 Å². The van der Waals surface area contributed by atoms with Crippen molar-refractivity contribution in [2.24, 2.45) is 0 Å². The molecule has 1 aromatic heterocycles. The molecule has 0 radical (unpaired) electrons. The highest BCUT2D eigenvalue weighted by molar-refractivity contribution is 6.04. The Hall–Kier alpha value is -2.36. The van der Waals surface area contributed by atoms with Crippen molar-refractivity contribution in [1.82, 2.24) is 4.98 Å². The van der Waals surface area contributed by atoms with Gasteiger partial charge in [0.25, 0.3) is 5.91 Å². The first-order chi connectivity index (χ1) is 10.5. The first-order valence-electron chi connectivity index (χ1n) is 7.60. The Morgan fingerprint density at radius 1 is 1.18 bits per heavy atom. The molecule has 1 amide bonds. The van der Waals surface area contributed by atoms with Crippen LogP contribution in [0, 0.1) is 13.8 Å². The fourth-order valence-corrected chi connectivity index (χ4v) is 1.99. The van der Waals surface area contributed by atoms with E-state index in [9.17, 15) is 4.79 Å². The first-order valence-corrected chi connectivity index (χ1v) is 7.60. The molecule has 0 spiro atoms. The summed E-state index contributed by atoms with van der Waals surface area (Å²) >= 11 is 0. The Morgan fingerprint density at radius 2 is 1.95 bits per heavy atom. The van der Waals surface area contributed by atoms with Gasteiger partial charge in [-0.3, -0.25) is 4.79 Å². The van der Waals surface area contributed by atoms with Crippen LogP contribution in [0.3, 0.4) is 0 Å². The molecule has 0 aliphatic carbocycles. The minimum atomic E-state index is -0.118. The number of aromatic nitrogens is 1. The Balaban J connectivity index is 2.03. The lowest BCUT2D eigenvalue weighted by molar-refractivity contribution is 0.102. The van der Waals surface area contributed by atoms with Gasteiger partial charge in [0.1, 0.15) is 5.82 Å². The third-order valence-corrected chi connectivity index (χ3v) is 3.80. The number of hydrogen-bond donors (Lipinski definition) is 2. The molecule has 116 valence electrons. The zero-order valence-corrected chi connectivity index (χ0v) is 13.6. The van der Waals surface area contributed by atoms with Crippen molar-refractivity contribution in [2.45, 2.75) is 40.2 Å². The lowest BCUT2D eigenvalue weighted by atomic mass is 10.1. The number of pyridine rings is 1. The number of nitrogens with one attached hydrogen (secondary N) is 2. The third kappa shape index (κ3) is 4.07. The van der Waals surface area contributed by atoms with E-state index < -0.39 is 0 Å². The van der Waals surface area contributed by atoms with E-state index in [0.29, 0.717) is 17.3 Å². The summed E-state index contributed by atoms with van der Waals surface area (Å²) in [5.74, 6) is 0.700. The maximum Gasteiger partial charge on any atom is 0.255 e. The summed E-state index contributed by atoms with van der Waals surface area (Å²) in [6.45, 7) is 8.26. The van der Waals surface area contributed by atoms with Crippen molar-refractivity contribution in [1.29, 1.82) is 0 Å². The molecular formula is C18H23N3O. The SMILES string of the molecule is CCC(C)Nc1ccc(NC(=O)c2ccc(C)c(C)c2)cn1. The second kappa shape index (κ2) is 7.07. The number of carbonyl (C=O) groups is 1. The fourth-order valence-electron chi connectivity index (χ4n) is 1.99. The molecule has 0 saturated heterocycles. The topological polar surface area (TPSA) is 54.0 Å². The quantitative estimate of drug-likeness (QED) is 0.871. The Morgan fingerprint density at radius 3 is 2.55 bits per heavy atom. The van der Waals surface area contributed by atoms with Crippen LogP contribution in [-0.4, -0.2) is 16.9 Å². The first kappa shape index (κ1) is 16.0. The van der Waals surface area contributed by atoms with E-state index in [0.717, 1.165) is 17.8 Å². The van der Waals surface area contributed by atoms with E-state index >= 15 is 0 Å². The third-order valence-electron chi connectivity index (χ3n) is 3.80. The van der Waals surface area contributed by atoms with E-state index in [1.807, 2.05) is 44.2 Å². The van der Waals surface area contributed by atoms with Crippen LogP contribution in [-0.2, 0) is 0 Å². The molecule has 22 heavy (non-hydrogen) atoms. The van der Waals surface area contributed by atoms with Crippen molar-refractivity contribution >= 4 is 17.4 Å². The molecule has 4 heteroatoms. The van der Waals surface area contributed by atoms with Gasteiger partial charge in [-0.15, -0.1) is 0 Å². The summed E-state index contributed by atoms with van der Waals surface area (Å²) in [7, 11) is 0. The van der Waals surface area contributed by atoms with Gasteiger partial charge >= 0.3 is 0 Å². The molecule has 2 aromatic rings. The van der Waals surface area contributed by atoms with Crippen LogP contribution in [0.5, 0.6) is 0 Å². The Bertz CT molecular complexity index is 650. The highest BCUT2D eigenvalue weighted by atomic mass is 16.1. The van der Waals surface area contributed by atoms with E-state index in [1.54, 1.807) is 6.20 Å². The van der Waals surface area contributed by atoms with Crippen LogP contribution in [0.25, 0.3) is 0 Å². The molecular weight excluding hydrogens is 274 g/mol. The zero-order valence-electron chi connectivity index (χ0n) is 13.6. The van der Waals surface area contributed by atoms with Gasteiger partial charge in [-0.2, -0.15) is 0 Å². The number of rotatable bonds is 5. The van der Waals surface area contributed by atoms with Crippen LogP contribution in [0.1, 0.15) is 41.8 Å². The fraction of sp³-hybridized carbons (Fsp3) is 0.333. The molecule has 2 rings (SSSR count). The van der Waals surface area contributed by atoms with Crippen molar-refractivity contribution in [3.05, 3.63) is 53.2 Å². The second-order valence-electron chi connectivity index (χ2n) is 5.64. The maximum absolute atomic E-state index is 12.2. The molecule has 0 aliphatic heterocycles. The minimum Gasteiger partial charge on any atom is -0.368 e. The summed E-state index contributed by atoms with van der Waals surface area (Å²) in [5, 5.41) is 6.16. The zero-order chi connectivity index (χ0) is 16.1. The summed E-state index contributed by atoms with van der Waals surface area (Å²) in [6, 6.07) is 9.81. The molecule has 1 heterocycles. The number of carbonyl (C=O) groups excluding carboxylic acids is 1. The van der Waals surface area contributed by atoms with Gasteiger partial charge in [-0.25, -0.2) is 4.98 Å². The molecule has 1 unspecified atom stereocenters. The summed E-state index contributed by atoms with van der Waals surface area (Å²) in [5.41, 5.74) is 3.64. The summed E-state index contributed by atoms with van der Waals surface area (Å²) in [6.07, 6.45) is 2.70. The van der Waals surface area contributed by atoms with Crippen LogP contribution in [0.4, 0.5) is 11.5 Å². The number of benzene rings is 1. The Labute approximate surface area is 132 Å². The highest BCUT2D eigenvalue weighted by Crippen LogP contribution is 2.14. The predicted octanol–water partition coefficient (Wildman–Crippen LogP) is 4.16.